The Balaban J connectivity index is 0.000000227. The maximum absolute atomic E-state index is 12.9. The molecule has 20 nitrogen and oxygen atoms in total. The molecule has 4 atom stereocenters. The van der Waals surface area contributed by atoms with Gasteiger partial charge in [0.2, 0.25) is 0 Å². The number of nitro benzene ring substituents is 2. The van der Waals surface area contributed by atoms with E-state index in [1.54, 1.807) is 20.1 Å². The van der Waals surface area contributed by atoms with Crippen LogP contribution in [0.3, 0.4) is 0 Å². The number of hydrogen-bond donors (Lipinski definition) is 0. The normalized spacial score (nSPS) is 18.1. The molecular weight excluding hydrogens is 1240 g/mol. The number of carbonyl (C=O) groups is 4. The molecule has 0 saturated carbocycles. The number of para-hydroxylation sites is 1. The van der Waals surface area contributed by atoms with Crippen LogP contribution in [0.15, 0.2) is 146 Å². The van der Waals surface area contributed by atoms with Gasteiger partial charge in [-0.05, 0) is 119 Å². The molecule has 4 aliphatic rings. The highest BCUT2D eigenvalue weighted by molar-refractivity contribution is 5.94. The lowest BCUT2D eigenvalue weighted by Crippen LogP contribution is -2.61. The van der Waals surface area contributed by atoms with Crippen LogP contribution in [0.1, 0.15) is 144 Å². The molecule has 0 fully saturated rings. The number of Topliss-reactive ketones (excluding diaryl/α,β-unsaturated/α-hetero) is 1. The Bertz CT molecular complexity index is 4090. The zero-order chi connectivity index (χ0) is 69.8. The number of anilines is 2. The second-order valence-corrected chi connectivity index (χ2v) is 27.2. The van der Waals surface area contributed by atoms with Gasteiger partial charge >= 0.3 is 17.9 Å². The number of likely N-dealkylation sites (N-methyl/N-ethyl adjacent to an activating group) is 1. The molecule has 0 saturated heterocycles. The molecule has 0 aromatic heterocycles. The summed E-state index contributed by atoms with van der Waals surface area (Å²) in [5.41, 5.74) is 8.42. The fourth-order valence-electron chi connectivity index (χ4n) is 13.7. The van der Waals surface area contributed by atoms with Crippen LogP contribution in [0.4, 0.5) is 22.7 Å². The Morgan fingerprint density at radius 1 is 0.639 bits per heavy atom. The minimum absolute atomic E-state index is 0.00490. The monoisotopic (exact) mass is 1320 g/mol. The summed E-state index contributed by atoms with van der Waals surface area (Å²) in [6.07, 6.45) is 0.168. The second kappa shape index (κ2) is 28.5. The van der Waals surface area contributed by atoms with Crippen molar-refractivity contribution in [1.82, 2.24) is 0 Å². The van der Waals surface area contributed by atoms with Gasteiger partial charge in [0.05, 0.1) is 33.6 Å². The van der Waals surface area contributed by atoms with E-state index in [1.165, 1.54) is 41.8 Å². The summed E-state index contributed by atoms with van der Waals surface area (Å²) < 4.78 is 47.2. The van der Waals surface area contributed by atoms with Crippen LogP contribution in [0.25, 0.3) is 0 Å². The standard InChI is InChI=1S/C46H54N2O10.C31H32N2O6/c1-9-47-29-46(25-32-12-10-11-13-39(32)45(46,6)7)58-43-33(22-36(48(51)52)23-40(43)47)28-56-41(49)24-42(50)57-31(3)27-55-38-20-16-35(17-21-38)44(4,5)34-14-18-37(19-15-34)54-26-30(2)53-8;1-20-9-11-22(12-10-20)18-32-27-8-6-5-7-26(27)30(3,4)31(32)14-13-23-16-25(33(36)37)17-24(29(23)39-31)19-38-28(35)15-21(2)34/h10-23,30-31H,9,24-29H2,1-8H3;5-12,16-17H,13-15,18-19H2,1-4H3. The highest BCUT2D eigenvalue weighted by atomic mass is 16.6. The average Bonchev–Trinajstić information content (AvgIpc) is 1.56. The van der Waals surface area contributed by atoms with Crippen LogP contribution in [0.5, 0.6) is 23.0 Å². The average molecular weight is 1320 g/mol. The summed E-state index contributed by atoms with van der Waals surface area (Å²) in [6.45, 7) is 23.7. The number of hydrogen-bond acceptors (Lipinski definition) is 18. The molecule has 3 aliphatic heterocycles. The molecule has 510 valence electrons. The predicted molar refractivity (Wildman–Crippen MR) is 367 cm³/mol. The fraction of sp³-hybridized carbons (Fsp3) is 0.403. The van der Waals surface area contributed by atoms with Crippen molar-refractivity contribution in [3.05, 3.63) is 221 Å². The Morgan fingerprint density at radius 2 is 1.20 bits per heavy atom. The molecule has 1 aliphatic carbocycles. The topological polar surface area (TPSA) is 235 Å². The van der Waals surface area contributed by atoms with Crippen LogP contribution in [-0.2, 0) is 87.0 Å². The molecule has 0 amide bonds. The van der Waals surface area contributed by atoms with Gasteiger partial charge in [-0.25, -0.2) is 0 Å². The van der Waals surface area contributed by atoms with Crippen molar-refractivity contribution in [2.45, 2.75) is 168 Å². The lowest BCUT2D eigenvalue weighted by Gasteiger charge is -2.50. The third-order valence-electron chi connectivity index (χ3n) is 19.6. The highest BCUT2D eigenvalue weighted by Crippen LogP contribution is 2.58. The number of non-ortho nitro benzene ring substituents is 2. The summed E-state index contributed by atoms with van der Waals surface area (Å²) in [4.78, 5) is 76.4. The maximum Gasteiger partial charge on any atom is 0.317 e. The van der Waals surface area contributed by atoms with Gasteiger partial charge in [-0.1, -0.05) is 124 Å². The molecule has 3 heterocycles. The quantitative estimate of drug-likeness (QED) is 0.0190. The number of nitrogens with zero attached hydrogens (tertiary/aromatic N) is 4. The summed E-state index contributed by atoms with van der Waals surface area (Å²) >= 11 is 0. The summed E-state index contributed by atoms with van der Waals surface area (Å²) in [6, 6.07) is 46.6. The maximum atomic E-state index is 12.9. The SMILES string of the molecule is CC(=O)CC(=O)OCc1cc([N+](=O)[O-])cc2c1OC1(CC2)N(Cc2ccc(C)cc2)c2ccccc2C1(C)C.CCN1CC2(Cc3ccccc3C2(C)C)Oc2c(COC(=O)CC(=O)OC(C)COc3ccc(C(C)(C)c4ccc(OCC(C)OC)cc4)cc3)cc([N+](=O)[O-])cc21. The van der Waals surface area contributed by atoms with Crippen LogP contribution in [0, 0.1) is 27.2 Å². The van der Waals surface area contributed by atoms with E-state index in [1.807, 2.05) is 74.5 Å². The number of benzene rings is 7. The van der Waals surface area contributed by atoms with Crippen LogP contribution in [-0.4, -0.2) is 90.5 Å². The zero-order valence-electron chi connectivity index (χ0n) is 57.3. The number of aryl methyl sites for hydroxylation is 2. The van der Waals surface area contributed by atoms with Crippen molar-refractivity contribution in [2.24, 2.45) is 0 Å². The second-order valence-electron chi connectivity index (χ2n) is 27.2. The number of carbonyl (C=O) groups excluding carboxylic acids is 4. The van der Waals surface area contributed by atoms with Crippen LogP contribution < -0.4 is 28.7 Å². The van der Waals surface area contributed by atoms with E-state index in [9.17, 15) is 39.4 Å². The first kappa shape index (κ1) is 70.0. The number of fused-ring (bicyclic) bond motifs is 4. The molecule has 2 spiro atoms. The number of nitro groups is 2. The lowest BCUT2D eigenvalue weighted by molar-refractivity contribution is -0.385. The number of ether oxygens (including phenoxy) is 8. The molecule has 7 aromatic carbocycles. The molecule has 4 unspecified atom stereocenters. The van der Waals surface area contributed by atoms with Crippen molar-refractivity contribution in [3.63, 3.8) is 0 Å². The van der Waals surface area contributed by atoms with E-state index in [2.05, 4.69) is 119 Å². The van der Waals surface area contributed by atoms with Crippen LogP contribution in [0.2, 0.25) is 0 Å². The van der Waals surface area contributed by atoms with E-state index in [0.717, 1.165) is 33.7 Å². The number of esters is 3. The summed E-state index contributed by atoms with van der Waals surface area (Å²) in [5.74, 6) is -0.273. The van der Waals surface area contributed by atoms with Crippen molar-refractivity contribution in [2.75, 3.05) is 43.2 Å². The first-order valence-electron chi connectivity index (χ1n) is 32.8. The Kier molecular flexibility index (Phi) is 20.5. The molecular formula is C77H86N4O16. The largest absolute Gasteiger partial charge is 0.491 e. The van der Waals surface area contributed by atoms with Gasteiger partial charge < -0.3 is 47.7 Å². The molecule has 0 N–H and O–H groups in total. The predicted octanol–water partition coefficient (Wildman–Crippen LogP) is 14.2. The molecule has 7 aromatic rings. The minimum Gasteiger partial charge on any atom is -0.491 e. The van der Waals surface area contributed by atoms with Crippen LogP contribution >= 0.6 is 0 Å². The van der Waals surface area contributed by atoms with Crippen molar-refractivity contribution < 1.29 is 66.9 Å². The zero-order valence-corrected chi connectivity index (χ0v) is 57.3. The first-order valence-corrected chi connectivity index (χ1v) is 32.8. The molecule has 97 heavy (non-hydrogen) atoms. The van der Waals surface area contributed by atoms with E-state index in [0.29, 0.717) is 85.1 Å². The van der Waals surface area contributed by atoms with Gasteiger partial charge in [-0.15, -0.1) is 0 Å². The summed E-state index contributed by atoms with van der Waals surface area (Å²) in [5, 5.41) is 23.7. The van der Waals surface area contributed by atoms with Gasteiger partial charge in [0.15, 0.2) is 11.5 Å². The Labute approximate surface area is 566 Å². The van der Waals surface area contributed by atoms with Gasteiger partial charge in [-0.3, -0.25) is 39.4 Å². The van der Waals surface area contributed by atoms with Gasteiger partial charge in [-0.2, -0.15) is 0 Å². The van der Waals surface area contributed by atoms with E-state index in [4.69, 9.17) is 37.9 Å². The number of rotatable bonds is 23. The highest BCUT2D eigenvalue weighted by Gasteiger charge is 2.61. The minimum atomic E-state index is -0.828. The molecule has 0 bridgehead atoms. The van der Waals surface area contributed by atoms with Gasteiger partial charge in [0.1, 0.15) is 74.0 Å². The molecule has 0 radical (unpaired) electrons. The molecule has 20 heteroatoms. The van der Waals surface area contributed by atoms with Crippen molar-refractivity contribution in [1.29, 1.82) is 0 Å². The van der Waals surface area contributed by atoms with E-state index >= 15 is 0 Å². The van der Waals surface area contributed by atoms with Crippen molar-refractivity contribution >= 4 is 46.4 Å². The Hall–Kier alpha value is -9.82. The van der Waals surface area contributed by atoms with Gasteiger partial charge in [0.25, 0.3) is 11.4 Å². The van der Waals surface area contributed by atoms with Crippen molar-refractivity contribution in [3.8, 4) is 23.0 Å². The number of methoxy groups -OCH3 is 1. The first-order chi connectivity index (χ1) is 46.1. The third kappa shape index (κ3) is 14.6. The fourth-order valence-corrected chi connectivity index (χ4v) is 13.7. The van der Waals surface area contributed by atoms with E-state index in [-0.39, 0.29) is 60.3 Å². The number of ketones is 1. The smallest absolute Gasteiger partial charge is 0.317 e. The molecule has 11 rings (SSSR count). The summed E-state index contributed by atoms with van der Waals surface area (Å²) in [7, 11) is 1.66. The van der Waals surface area contributed by atoms with E-state index < -0.39 is 57.0 Å². The van der Waals surface area contributed by atoms with Gasteiger partial charge in [0, 0.05) is 90.5 Å². The lowest BCUT2D eigenvalue weighted by atomic mass is 9.73. The third-order valence-corrected chi connectivity index (χ3v) is 19.6. The Morgan fingerprint density at radius 3 is 1.77 bits per heavy atom.